The van der Waals surface area contributed by atoms with Crippen LogP contribution in [0.2, 0.25) is 0 Å². The average Bonchev–Trinajstić information content (AvgIpc) is 2.28. The van der Waals surface area contributed by atoms with Crippen molar-refractivity contribution in [2.75, 3.05) is 45.9 Å². The Hall–Kier alpha value is 0.496. The summed E-state index contributed by atoms with van der Waals surface area (Å²) in [5.41, 5.74) is 0. The molecule has 0 aromatic carbocycles. The molecule has 0 spiro atoms. The van der Waals surface area contributed by atoms with Crippen LogP contribution in [0.1, 0.15) is 6.92 Å². The zero-order valence-electron chi connectivity index (χ0n) is 11.6. The fourth-order valence-corrected chi connectivity index (χ4v) is 1.70. The molecule has 1 aliphatic heterocycles. The third-order valence-electron chi connectivity index (χ3n) is 2.65. The van der Waals surface area contributed by atoms with Crippen molar-refractivity contribution in [3.8, 4) is 0 Å². The summed E-state index contributed by atoms with van der Waals surface area (Å²) >= 11 is 0. The number of piperazine rings is 1. The second-order valence-corrected chi connectivity index (χ2v) is 3.85. The van der Waals surface area contributed by atoms with Gasteiger partial charge in [0.05, 0.1) is 0 Å². The van der Waals surface area contributed by atoms with Crippen LogP contribution in [0.15, 0.2) is 0 Å². The van der Waals surface area contributed by atoms with Crippen molar-refractivity contribution >= 4 is 11.8 Å². The minimum absolute atomic E-state index is 0. The number of carbonyl (C=O) groups is 2. The second kappa shape index (κ2) is 11.3. The van der Waals surface area contributed by atoms with E-state index in [1.165, 1.54) is 6.92 Å². The summed E-state index contributed by atoms with van der Waals surface area (Å²) in [6.45, 7) is 5.01. The van der Waals surface area contributed by atoms with E-state index in [1.807, 2.05) is 0 Å². The third kappa shape index (κ3) is 7.83. The minimum atomic E-state index is -0.661. The first-order valence-corrected chi connectivity index (χ1v) is 5.46. The van der Waals surface area contributed by atoms with Gasteiger partial charge in [-0.3, -0.25) is 14.5 Å². The Morgan fingerprint density at radius 3 is 2.22 bits per heavy atom. The van der Waals surface area contributed by atoms with Crippen LogP contribution in [0, 0.1) is 7.43 Å². The van der Waals surface area contributed by atoms with Crippen LogP contribution in [0.4, 0.5) is 0 Å². The van der Waals surface area contributed by atoms with E-state index in [2.05, 4.69) is 10.2 Å². The van der Waals surface area contributed by atoms with Gasteiger partial charge in [-0.1, -0.05) is 6.61 Å². The van der Waals surface area contributed by atoms with Gasteiger partial charge in [-0.15, -0.1) is 0 Å². The molecule has 1 fully saturated rings. The first kappa shape index (κ1) is 20.8. The van der Waals surface area contributed by atoms with Crippen molar-refractivity contribution in [3.63, 3.8) is 0 Å². The van der Waals surface area contributed by atoms with E-state index in [-0.39, 0.29) is 70.6 Å². The molecule has 2 amide bonds. The normalized spacial score (nSPS) is 15.3. The van der Waals surface area contributed by atoms with Crippen LogP contribution in [-0.2, 0) is 9.59 Å². The maximum atomic E-state index is 11.1. The minimum Gasteiger partial charge on any atom is -0.848 e. The number of nitrogens with one attached hydrogen (secondary N) is 1. The van der Waals surface area contributed by atoms with Crippen molar-refractivity contribution in [1.29, 1.82) is 0 Å². The first-order valence-electron chi connectivity index (χ1n) is 5.46. The largest absolute Gasteiger partial charge is 1.00 e. The topological polar surface area (TPSA) is 75.7 Å². The van der Waals surface area contributed by atoms with Gasteiger partial charge in [-0.05, 0) is 0 Å². The number of hydrogen-bond acceptors (Lipinski definition) is 4. The maximum absolute atomic E-state index is 11.1. The van der Waals surface area contributed by atoms with E-state index in [4.69, 9.17) is 0 Å². The molecule has 6 nitrogen and oxygen atoms in total. The summed E-state index contributed by atoms with van der Waals surface area (Å²) in [4.78, 5) is 25.5. The van der Waals surface area contributed by atoms with Crippen molar-refractivity contribution in [2.24, 2.45) is 0 Å². The summed E-state index contributed by atoms with van der Waals surface area (Å²) in [6, 6.07) is 0. The molecule has 0 unspecified atom stereocenters. The zero-order valence-corrected chi connectivity index (χ0v) is 14.7. The molecular weight excluding hydrogens is 261 g/mol. The Labute approximate surface area is 151 Å². The molecule has 0 aliphatic carbocycles. The Balaban J connectivity index is 0. The first-order chi connectivity index (χ1) is 7.63. The predicted octanol–water partition coefficient (Wildman–Crippen LogP) is -4.92. The molecule has 1 N–H and O–H groups in total. The Morgan fingerprint density at radius 1 is 1.22 bits per heavy atom. The van der Waals surface area contributed by atoms with Gasteiger partial charge in [0, 0.05) is 46.2 Å². The predicted molar refractivity (Wildman–Crippen MR) is 63.0 cm³/mol. The smallest absolute Gasteiger partial charge is 0.848 e. The van der Waals surface area contributed by atoms with Gasteiger partial charge >= 0.3 is 51.4 Å². The molecule has 18 heavy (non-hydrogen) atoms. The van der Waals surface area contributed by atoms with Crippen LogP contribution in [0.5, 0.6) is 0 Å². The Bertz CT molecular complexity index is 256. The summed E-state index contributed by atoms with van der Waals surface area (Å²) in [6.07, 6.45) is 0. The molecule has 0 atom stereocenters. The van der Waals surface area contributed by atoms with Crippen LogP contribution >= 0.6 is 0 Å². The molecular formula is C11H21KN3O3-. The summed E-state index contributed by atoms with van der Waals surface area (Å²) in [7, 11) is 0. The van der Waals surface area contributed by atoms with Crippen LogP contribution in [0.25, 0.3) is 0 Å². The quantitative estimate of drug-likeness (QED) is 0.414. The van der Waals surface area contributed by atoms with Gasteiger partial charge in [0.15, 0.2) is 0 Å². The van der Waals surface area contributed by atoms with Gasteiger partial charge in [0.2, 0.25) is 11.8 Å². The molecule has 0 aromatic heterocycles. The number of nitrogens with zero attached hydrogens (tertiary/aromatic N) is 2. The molecule has 0 aromatic rings. The number of hydrogen-bond donors (Lipinski definition) is 1. The monoisotopic (exact) mass is 282 g/mol. The molecule has 0 saturated carbocycles. The molecule has 1 heterocycles. The maximum Gasteiger partial charge on any atom is 1.00 e. The Morgan fingerprint density at radius 2 is 1.78 bits per heavy atom. The van der Waals surface area contributed by atoms with Gasteiger partial charge in [0.25, 0.3) is 0 Å². The molecule has 1 aliphatic rings. The Kier molecular flexibility index (Phi) is 13.1. The number of amides is 2. The van der Waals surface area contributed by atoms with Gasteiger partial charge in [0.1, 0.15) is 0 Å². The third-order valence-corrected chi connectivity index (χ3v) is 2.65. The van der Waals surface area contributed by atoms with Crippen molar-refractivity contribution in [2.45, 2.75) is 6.92 Å². The van der Waals surface area contributed by atoms with E-state index < -0.39 is 6.61 Å². The van der Waals surface area contributed by atoms with E-state index in [9.17, 15) is 14.7 Å². The molecule has 100 valence electrons. The fraction of sp³-hybridized carbons (Fsp3) is 0.727. The number of carbonyl (C=O) groups excluding carboxylic acids is 2. The van der Waals surface area contributed by atoms with Crippen molar-refractivity contribution in [3.05, 3.63) is 7.43 Å². The summed E-state index contributed by atoms with van der Waals surface area (Å²) in [5, 5.41) is 13.1. The number of rotatable bonds is 4. The standard InChI is InChI=1S/C10H18N3O3.CH3.K/c1-9(15)11-2-3-12-4-6-13(7-5-12)10(16)8-14;;/h2-8H2,1H3,(H,11,15);1H3;/q2*-1;+1. The fourth-order valence-electron chi connectivity index (χ4n) is 1.70. The molecule has 1 saturated heterocycles. The molecule has 0 radical (unpaired) electrons. The van der Waals surface area contributed by atoms with Crippen molar-refractivity contribution < 1.29 is 66.1 Å². The van der Waals surface area contributed by atoms with Crippen LogP contribution in [0.3, 0.4) is 0 Å². The van der Waals surface area contributed by atoms with Crippen LogP contribution < -0.4 is 61.8 Å². The summed E-state index contributed by atoms with van der Waals surface area (Å²) in [5.74, 6) is -0.346. The van der Waals surface area contributed by atoms with Gasteiger partial charge < -0.3 is 22.7 Å². The molecule has 0 bridgehead atoms. The van der Waals surface area contributed by atoms with E-state index in [0.29, 0.717) is 19.6 Å². The van der Waals surface area contributed by atoms with Gasteiger partial charge in [-0.25, -0.2) is 0 Å². The second-order valence-electron chi connectivity index (χ2n) is 3.85. The van der Waals surface area contributed by atoms with Crippen molar-refractivity contribution in [1.82, 2.24) is 15.1 Å². The average molecular weight is 282 g/mol. The van der Waals surface area contributed by atoms with Crippen LogP contribution in [-0.4, -0.2) is 67.5 Å². The zero-order chi connectivity index (χ0) is 12.0. The van der Waals surface area contributed by atoms with E-state index in [1.54, 1.807) is 4.90 Å². The SMILES string of the molecule is CC(=O)NCCN1CCN(C(=O)C[O-])CC1.[CH3-].[K+]. The van der Waals surface area contributed by atoms with E-state index >= 15 is 0 Å². The van der Waals surface area contributed by atoms with Gasteiger partial charge in [-0.2, -0.15) is 0 Å². The van der Waals surface area contributed by atoms with E-state index in [0.717, 1.165) is 19.6 Å². The molecule has 1 rings (SSSR count). The molecule has 7 heteroatoms. The summed E-state index contributed by atoms with van der Waals surface area (Å²) < 4.78 is 0.